The number of rotatable bonds is 4. The smallest absolute Gasteiger partial charge is 0.257 e. The first-order chi connectivity index (χ1) is 12.1. The number of nitrogens with zero attached hydrogens (tertiary/aromatic N) is 3. The van der Waals surface area contributed by atoms with Crippen molar-refractivity contribution in [1.82, 2.24) is 14.9 Å². The SMILES string of the molecule is O=C(c1cnc(NCc2cc(Cl)cc(Cl)c2)nc1)N1CCC12COC2. The molecule has 1 aromatic carbocycles. The summed E-state index contributed by atoms with van der Waals surface area (Å²) in [4.78, 5) is 22.8. The highest BCUT2D eigenvalue weighted by Crippen LogP contribution is 2.38. The summed E-state index contributed by atoms with van der Waals surface area (Å²) in [5.41, 5.74) is 1.33. The predicted octanol–water partition coefficient (Wildman–Crippen LogP) is 3.01. The molecule has 2 aliphatic heterocycles. The minimum atomic E-state index is -0.0835. The average Bonchev–Trinajstić information content (AvgIpc) is 2.50. The van der Waals surface area contributed by atoms with Crippen LogP contribution < -0.4 is 5.32 Å². The Hall–Kier alpha value is -1.89. The Morgan fingerprint density at radius 3 is 2.40 bits per heavy atom. The third kappa shape index (κ3) is 3.17. The van der Waals surface area contributed by atoms with Gasteiger partial charge in [-0.25, -0.2) is 9.97 Å². The van der Waals surface area contributed by atoms with Gasteiger partial charge in [0.1, 0.15) is 0 Å². The lowest BCUT2D eigenvalue weighted by Crippen LogP contribution is -2.72. The first-order valence-electron chi connectivity index (χ1n) is 7.96. The van der Waals surface area contributed by atoms with Crippen molar-refractivity contribution in [2.45, 2.75) is 18.5 Å². The second-order valence-electron chi connectivity index (χ2n) is 6.35. The van der Waals surface area contributed by atoms with Crippen molar-refractivity contribution in [2.24, 2.45) is 0 Å². The summed E-state index contributed by atoms with van der Waals surface area (Å²) in [7, 11) is 0. The van der Waals surface area contributed by atoms with Crippen LogP contribution in [0.25, 0.3) is 0 Å². The summed E-state index contributed by atoms with van der Waals surface area (Å²) >= 11 is 12.0. The zero-order valence-electron chi connectivity index (χ0n) is 13.3. The molecule has 0 atom stereocenters. The maximum atomic E-state index is 12.5. The molecule has 0 bridgehead atoms. The molecule has 25 heavy (non-hydrogen) atoms. The lowest BCUT2D eigenvalue weighted by molar-refractivity contribution is -0.172. The van der Waals surface area contributed by atoms with Gasteiger partial charge in [0.15, 0.2) is 0 Å². The Morgan fingerprint density at radius 1 is 1.20 bits per heavy atom. The quantitative estimate of drug-likeness (QED) is 0.885. The zero-order valence-corrected chi connectivity index (χ0v) is 14.8. The number of likely N-dealkylation sites (tertiary alicyclic amines) is 1. The molecule has 1 spiro atoms. The topological polar surface area (TPSA) is 67.4 Å². The van der Waals surface area contributed by atoms with Crippen LogP contribution in [0, 0.1) is 0 Å². The van der Waals surface area contributed by atoms with Crippen LogP contribution in [0.3, 0.4) is 0 Å². The monoisotopic (exact) mass is 378 g/mol. The molecule has 0 aliphatic carbocycles. The van der Waals surface area contributed by atoms with Crippen LogP contribution in [-0.4, -0.2) is 46.1 Å². The van der Waals surface area contributed by atoms with Gasteiger partial charge in [-0.05, 0) is 30.2 Å². The van der Waals surface area contributed by atoms with E-state index in [1.54, 1.807) is 18.5 Å². The number of amides is 1. The molecule has 1 aromatic heterocycles. The number of benzene rings is 1. The van der Waals surface area contributed by atoms with Gasteiger partial charge < -0.3 is 15.0 Å². The van der Waals surface area contributed by atoms with E-state index in [0.29, 0.717) is 41.3 Å². The fourth-order valence-electron chi connectivity index (χ4n) is 3.07. The molecule has 0 radical (unpaired) electrons. The van der Waals surface area contributed by atoms with E-state index in [-0.39, 0.29) is 11.4 Å². The number of halogens is 2. The number of nitrogens with one attached hydrogen (secondary N) is 1. The van der Waals surface area contributed by atoms with E-state index in [2.05, 4.69) is 15.3 Å². The Balaban J connectivity index is 1.39. The van der Waals surface area contributed by atoms with Crippen molar-refractivity contribution >= 4 is 35.1 Å². The summed E-state index contributed by atoms with van der Waals surface area (Å²) < 4.78 is 5.25. The van der Waals surface area contributed by atoms with Gasteiger partial charge in [-0.15, -0.1) is 0 Å². The number of aromatic nitrogens is 2. The molecule has 0 saturated carbocycles. The number of anilines is 1. The lowest BCUT2D eigenvalue weighted by atomic mass is 9.82. The Kier molecular flexibility index (Phi) is 4.27. The zero-order chi connectivity index (χ0) is 17.4. The number of carbonyl (C=O) groups excluding carboxylic acids is 1. The van der Waals surface area contributed by atoms with E-state index in [1.165, 1.54) is 0 Å². The van der Waals surface area contributed by atoms with Crippen LogP contribution in [0.15, 0.2) is 30.6 Å². The van der Waals surface area contributed by atoms with Crippen molar-refractivity contribution in [3.05, 3.63) is 51.8 Å². The van der Waals surface area contributed by atoms with Gasteiger partial charge in [0.2, 0.25) is 5.95 Å². The van der Waals surface area contributed by atoms with E-state index in [1.807, 2.05) is 17.0 Å². The van der Waals surface area contributed by atoms with E-state index >= 15 is 0 Å². The summed E-state index contributed by atoms with van der Waals surface area (Å²) in [5.74, 6) is 0.403. The van der Waals surface area contributed by atoms with Crippen molar-refractivity contribution in [2.75, 3.05) is 25.1 Å². The molecule has 1 amide bonds. The van der Waals surface area contributed by atoms with Crippen molar-refractivity contribution < 1.29 is 9.53 Å². The minimum absolute atomic E-state index is 0.0391. The molecule has 2 saturated heterocycles. The molecule has 2 fully saturated rings. The summed E-state index contributed by atoms with van der Waals surface area (Å²) in [5, 5.41) is 4.25. The molecule has 2 aliphatic rings. The van der Waals surface area contributed by atoms with Crippen LogP contribution in [0.1, 0.15) is 22.3 Å². The van der Waals surface area contributed by atoms with Crippen LogP contribution in [-0.2, 0) is 11.3 Å². The Bertz CT molecular complexity index is 783. The highest BCUT2D eigenvalue weighted by molar-refractivity contribution is 6.34. The van der Waals surface area contributed by atoms with Gasteiger partial charge in [0, 0.05) is 35.5 Å². The fraction of sp³-hybridized carbons (Fsp3) is 0.353. The average molecular weight is 379 g/mol. The molecule has 4 rings (SSSR count). The predicted molar refractivity (Wildman–Crippen MR) is 95.0 cm³/mol. The van der Waals surface area contributed by atoms with Crippen molar-refractivity contribution in [1.29, 1.82) is 0 Å². The van der Waals surface area contributed by atoms with Gasteiger partial charge in [-0.2, -0.15) is 0 Å². The van der Waals surface area contributed by atoms with Crippen LogP contribution >= 0.6 is 23.2 Å². The Morgan fingerprint density at radius 2 is 1.88 bits per heavy atom. The lowest BCUT2D eigenvalue weighted by Gasteiger charge is -2.57. The van der Waals surface area contributed by atoms with Gasteiger partial charge in [-0.3, -0.25) is 4.79 Å². The van der Waals surface area contributed by atoms with Gasteiger partial charge in [0.05, 0.1) is 24.3 Å². The maximum absolute atomic E-state index is 12.5. The minimum Gasteiger partial charge on any atom is -0.376 e. The third-order valence-corrected chi connectivity index (χ3v) is 5.07. The van der Waals surface area contributed by atoms with Gasteiger partial charge >= 0.3 is 0 Å². The molecule has 130 valence electrons. The molecule has 0 unspecified atom stereocenters. The number of ether oxygens (including phenoxy) is 1. The molecular formula is C17H16Cl2N4O2. The number of hydrogen-bond donors (Lipinski definition) is 1. The van der Waals surface area contributed by atoms with E-state index in [9.17, 15) is 4.79 Å². The molecule has 6 nitrogen and oxygen atoms in total. The highest BCUT2D eigenvalue weighted by Gasteiger charge is 2.53. The molecule has 8 heteroatoms. The second kappa shape index (κ2) is 6.44. The molecule has 2 aromatic rings. The fourth-order valence-corrected chi connectivity index (χ4v) is 3.65. The van der Waals surface area contributed by atoms with E-state index < -0.39 is 0 Å². The number of carbonyl (C=O) groups is 1. The Labute approximate surface area is 155 Å². The number of hydrogen-bond acceptors (Lipinski definition) is 5. The third-order valence-electron chi connectivity index (χ3n) is 4.63. The maximum Gasteiger partial charge on any atom is 0.257 e. The van der Waals surface area contributed by atoms with Crippen molar-refractivity contribution in [3.63, 3.8) is 0 Å². The largest absolute Gasteiger partial charge is 0.376 e. The van der Waals surface area contributed by atoms with Gasteiger partial charge in [-0.1, -0.05) is 23.2 Å². The standard InChI is InChI=1S/C17H16Cl2N4O2/c18-13-3-11(4-14(19)5-13)6-20-16-21-7-12(8-22-16)15(24)23-2-1-17(23)9-25-10-17/h3-5,7-8H,1-2,6,9-10H2,(H,20,21,22). The van der Waals surface area contributed by atoms with Crippen LogP contribution in [0.2, 0.25) is 10.0 Å². The molecule has 1 N–H and O–H groups in total. The van der Waals surface area contributed by atoms with Crippen LogP contribution in [0.5, 0.6) is 0 Å². The first kappa shape index (κ1) is 16.6. The van der Waals surface area contributed by atoms with E-state index in [4.69, 9.17) is 27.9 Å². The highest BCUT2D eigenvalue weighted by atomic mass is 35.5. The van der Waals surface area contributed by atoms with E-state index in [0.717, 1.165) is 18.5 Å². The summed E-state index contributed by atoms with van der Waals surface area (Å²) in [6.45, 7) is 2.50. The van der Waals surface area contributed by atoms with Gasteiger partial charge in [0.25, 0.3) is 5.91 Å². The summed E-state index contributed by atoms with van der Waals surface area (Å²) in [6.07, 6.45) is 4.10. The second-order valence-corrected chi connectivity index (χ2v) is 7.22. The van der Waals surface area contributed by atoms with Crippen molar-refractivity contribution in [3.8, 4) is 0 Å². The molecule has 3 heterocycles. The summed E-state index contributed by atoms with van der Waals surface area (Å²) in [6, 6.07) is 5.32. The normalized spacial score (nSPS) is 17.8. The van der Waals surface area contributed by atoms with Crippen LogP contribution in [0.4, 0.5) is 5.95 Å². The first-order valence-corrected chi connectivity index (χ1v) is 8.72. The molecular weight excluding hydrogens is 363 g/mol.